The van der Waals surface area contributed by atoms with Crippen molar-refractivity contribution < 1.29 is 9.15 Å². The molecular formula is C12H12BrNO2S. The third-order valence-corrected chi connectivity index (χ3v) is 3.69. The number of hydrogen-bond donors (Lipinski definition) is 1. The van der Waals surface area contributed by atoms with Crippen molar-refractivity contribution in [3.8, 4) is 5.75 Å². The van der Waals surface area contributed by atoms with E-state index in [1.54, 1.807) is 18.9 Å². The Kier molecular flexibility index (Phi) is 4.02. The molecular weight excluding hydrogens is 302 g/mol. The van der Waals surface area contributed by atoms with Crippen LogP contribution in [-0.4, -0.2) is 7.11 Å². The molecule has 2 rings (SSSR count). The maximum Gasteiger partial charge on any atom is 0.169 e. The highest BCUT2D eigenvalue weighted by atomic mass is 79.9. The molecule has 17 heavy (non-hydrogen) atoms. The van der Waals surface area contributed by atoms with Crippen LogP contribution in [0.3, 0.4) is 0 Å². The van der Waals surface area contributed by atoms with Crippen LogP contribution in [0.2, 0.25) is 0 Å². The molecule has 1 heterocycles. The number of thioether (sulfide) groups is 1. The lowest BCUT2D eigenvalue weighted by atomic mass is 10.3. The smallest absolute Gasteiger partial charge is 0.169 e. The van der Waals surface area contributed by atoms with Crippen LogP contribution in [-0.2, 0) is 5.75 Å². The highest BCUT2D eigenvalue weighted by molar-refractivity contribution is 9.10. The van der Waals surface area contributed by atoms with Crippen molar-refractivity contribution in [2.24, 2.45) is 0 Å². The molecule has 0 saturated heterocycles. The summed E-state index contributed by atoms with van der Waals surface area (Å²) in [6.07, 6.45) is 0. The van der Waals surface area contributed by atoms with E-state index < -0.39 is 0 Å². The van der Waals surface area contributed by atoms with Crippen LogP contribution in [0.4, 0.5) is 5.69 Å². The lowest BCUT2D eigenvalue weighted by Crippen LogP contribution is -1.90. The summed E-state index contributed by atoms with van der Waals surface area (Å²) in [6, 6.07) is 9.47. The zero-order chi connectivity index (χ0) is 12.3. The van der Waals surface area contributed by atoms with Gasteiger partial charge in [0, 0.05) is 16.6 Å². The minimum Gasteiger partial charge on any atom is -0.496 e. The van der Waals surface area contributed by atoms with Gasteiger partial charge in [0.1, 0.15) is 11.5 Å². The predicted octanol–water partition coefficient (Wildman–Crippen LogP) is 3.93. The average molecular weight is 314 g/mol. The van der Waals surface area contributed by atoms with Crippen molar-refractivity contribution in [1.82, 2.24) is 0 Å². The van der Waals surface area contributed by atoms with Crippen LogP contribution in [0, 0.1) is 0 Å². The fraction of sp³-hybridized carbons (Fsp3) is 0.167. The molecule has 90 valence electrons. The Balaban J connectivity index is 2.08. The molecule has 2 N–H and O–H groups in total. The number of halogens is 1. The van der Waals surface area contributed by atoms with E-state index in [9.17, 15) is 0 Å². The van der Waals surface area contributed by atoms with Crippen molar-refractivity contribution in [2.75, 3.05) is 12.8 Å². The molecule has 0 bridgehead atoms. The Morgan fingerprint density at radius 1 is 1.35 bits per heavy atom. The zero-order valence-electron chi connectivity index (χ0n) is 9.27. The van der Waals surface area contributed by atoms with E-state index in [1.807, 2.05) is 30.3 Å². The van der Waals surface area contributed by atoms with Crippen molar-refractivity contribution in [1.29, 1.82) is 0 Å². The predicted molar refractivity (Wildman–Crippen MR) is 73.4 cm³/mol. The summed E-state index contributed by atoms with van der Waals surface area (Å²) < 4.78 is 11.5. The number of hydrogen-bond acceptors (Lipinski definition) is 4. The van der Waals surface area contributed by atoms with Crippen molar-refractivity contribution >= 4 is 33.4 Å². The van der Waals surface area contributed by atoms with E-state index in [4.69, 9.17) is 14.9 Å². The molecule has 2 aromatic rings. The van der Waals surface area contributed by atoms with Gasteiger partial charge >= 0.3 is 0 Å². The molecule has 0 aliphatic heterocycles. The summed E-state index contributed by atoms with van der Waals surface area (Å²) in [5.74, 6) is 2.47. The Bertz CT molecular complexity index is 513. The first-order valence-corrected chi connectivity index (χ1v) is 6.77. The SMILES string of the molecule is COc1cc(N)ccc1SCc1ccc(Br)o1. The maximum absolute atomic E-state index is 5.70. The minimum absolute atomic E-state index is 0.701. The maximum atomic E-state index is 5.70. The number of benzene rings is 1. The molecule has 0 unspecified atom stereocenters. The molecule has 0 saturated carbocycles. The number of methoxy groups -OCH3 is 1. The average Bonchev–Trinajstić information content (AvgIpc) is 2.73. The highest BCUT2D eigenvalue weighted by Gasteiger charge is 2.06. The molecule has 0 aliphatic carbocycles. The van der Waals surface area contributed by atoms with E-state index >= 15 is 0 Å². The van der Waals surface area contributed by atoms with E-state index in [0.29, 0.717) is 5.69 Å². The zero-order valence-corrected chi connectivity index (χ0v) is 11.7. The number of ether oxygens (including phenoxy) is 1. The number of furan rings is 1. The molecule has 1 aromatic carbocycles. The number of anilines is 1. The largest absolute Gasteiger partial charge is 0.496 e. The van der Waals surface area contributed by atoms with Gasteiger partial charge in [-0.1, -0.05) is 0 Å². The Morgan fingerprint density at radius 2 is 2.18 bits per heavy atom. The van der Waals surface area contributed by atoms with Gasteiger partial charge in [-0.05, 0) is 40.2 Å². The normalized spacial score (nSPS) is 10.5. The van der Waals surface area contributed by atoms with Gasteiger partial charge < -0.3 is 14.9 Å². The third kappa shape index (κ3) is 3.20. The van der Waals surface area contributed by atoms with Gasteiger partial charge in [-0.2, -0.15) is 0 Å². The van der Waals surface area contributed by atoms with Gasteiger partial charge in [0.2, 0.25) is 0 Å². The quantitative estimate of drug-likeness (QED) is 0.686. The fourth-order valence-electron chi connectivity index (χ4n) is 1.38. The molecule has 0 spiro atoms. The van der Waals surface area contributed by atoms with Gasteiger partial charge in [-0.3, -0.25) is 0 Å². The lowest BCUT2D eigenvalue weighted by Gasteiger charge is -2.07. The van der Waals surface area contributed by atoms with Crippen LogP contribution in [0.25, 0.3) is 0 Å². The summed E-state index contributed by atoms with van der Waals surface area (Å²) in [4.78, 5) is 1.05. The number of rotatable bonds is 4. The van der Waals surface area contributed by atoms with E-state index in [1.165, 1.54) is 0 Å². The monoisotopic (exact) mass is 313 g/mol. The Labute approximate surface area is 112 Å². The van der Waals surface area contributed by atoms with Crippen molar-refractivity contribution in [3.05, 3.63) is 40.8 Å². The molecule has 5 heteroatoms. The third-order valence-electron chi connectivity index (χ3n) is 2.19. The van der Waals surface area contributed by atoms with Crippen LogP contribution in [0.1, 0.15) is 5.76 Å². The first-order chi connectivity index (χ1) is 8.19. The van der Waals surface area contributed by atoms with Crippen LogP contribution in [0.5, 0.6) is 5.75 Å². The van der Waals surface area contributed by atoms with Gasteiger partial charge in [0.05, 0.1) is 12.9 Å². The Morgan fingerprint density at radius 3 is 2.82 bits per heavy atom. The van der Waals surface area contributed by atoms with Gasteiger partial charge in [0.15, 0.2) is 4.67 Å². The second kappa shape index (κ2) is 5.51. The Hall–Kier alpha value is -1.07. The second-order valence-electron chi connectivity index (χ2n) is 3.40. The van der Waals surface area contributed by atoms with Crippen molar-refractivity contribution in [3.63, 3.8) is 0 Å². The van der Waals surface area contributed by atoms with Crippen LogP contribution >= 0.6 is 27.7 Å². The van der Waals surface area contributed by atoms with E-state index in [2.05, 4.69) is 15.9 Å². The lowest BCUT2D eigenvalue weighted by molar-refractivity contribution is 0.405. The molecule has 0 radical (unpaired) electrons. The highest BCUT2D eigenvalue weighted by Crippen LogP contribution is 2.33. The molecule has 0 amide bonds. The number of nitrogens with two attached hydrogens (primary N) is 1. The standard InChI is InChI=1S/C12H12BrNO2S/c1-15-10-6-8(14)2-4-11(10)17-7-9-3-5-12(13)16-9/h2-6H,7,14H2,1H3. The molecule has 1 aromatic heterocycles. The van der Waals surface area contributed by atoms with E-state index in [-0.39, 0.29) is 0 Å². The van der Waals surface area contributed by atoms with E-state index in [0.717, 1.165) is 26.8 Å². The first-order valence-electron chi connectivity index (χ1n) is 4.99. The first kappa shape index (κ1) is 12.4. The summed E-state index contributed by atoms with van der Waals surface area (Å²) in [7, 11) is 1.64. The van der Waals surface area contributed by atoms with Crippen LogP contribution in [0.15, 0.2) is 44.3 Å². The summed E-state index contributed by atoms with van der Waals surface area (Å²) >= 11 is 4.93. The summed E-state index contributed by atoms with van der Waals surface area (Å²) in [5.41, 5.74) is 6.40. The van der Waals surface area contributed by atoms with Crippen LogP contribution < -0.4 is 10.5 Å². The van der Waals surface area contributed by atoms with Crippen molar-refractivity contribution in [2.45, 2.75) is 10.6 Å². The summed E-state index contributed by atoms with van der Waals surface area (Å²) in [6.45, 7) is 0. The topological polar surface area (TPSA) is 48.4 Å². The fourth-order valence-corrected chi connectivity index (χ4v) is 2.62. The number of nitrogen functional groups attached to an aromatic ring is 1. The second-order valence-corrected chi connectivity index (χ2v) is 5.20. The summed E-state index contributed by atoms with van der Waals surface area (Å²) in [5, 5.41) is 0. The van der Waals surface area contributed by atoms with Gasteiger partial charge in [-0.15, -0.1) is 11.8 Å². The molecule has 3 nitrogen and oxygen atoms in total. The molecule has 0 aliphatic rings. The van der Waals surface area contributed by atoms with Gasteiger partial charge in [0.25, 0.3) is 0 Å². The molecule has 0 fully saturated rings. The molecule has 0 atom stereocenters. The van der Waals surface area contributed by atoms with Gasteiger partial charge in [-0.25, -0.2) is 0 Å². The minimum atomic E-state index is 0.701.